The molecule has 0 aromatic heterocycles. The van der Waals surface area contributed by atoms with E-state index in [0.29, 0.717) is 11.4 Å². The van der Waals surface area contributed by atoms with Crippen LogP contribution >= 0.6 is 11.8 Å². The topological polar surface area (TPSA) is 38.5 Å². The summed E-state index contributed by atoms with van der Waals surface area (Å²) in [7, 11) is 0. The molecule has 122 valence electrons. The first-order chi connectivity index (χ1) is 11.1. The maximum atomic E-state index is 12.2. The van der Waals surface area contributed by atoms with Crippen LogP contribution < -0.4 is 15.4 Å². The second kappa shape index (κ2) is 7.92. The van der Waals surface area contributed by atoms with Gasteiger partial charge in [0.15, 0.2) is 0 Å². The largest absolute Gasteiger partial charge is 0.491 e. The molecule has 0 amide bonds. The first-order valence-electron chi connectivity index (χ1n) is 7.33. The molecule has 0 bridgehead atoms. The second-order valence-corrected chi connectivity index (χ2v) is 6.11. The summed E-state index contributed by atoms with van der Waals surface area (Å²) < 4.78 is 17.5. The molecule has 0 spiro atoms. The Balaban J connectivity index is 2.25. The van der Waals surface area contributed by atoms with Gasteiger partial charge in [-0.1, -0.05) is 36.6 Å². The van der Waals surface area contributed by atoms with E-state index in [1.807, 2.05) is 61.4 Å². The van der Waals surface area contributed by atoms with Gasteiger partial charge in [-0.2, -0.15) is 0 Å². The number of alkyl halides is 1. The van der Waals surface area contributed by atoms with Crippen molar-refractivity contribution in [3.05, 3.63) is 65.5 Å². The predicted molar refractivity (Wildman–Crippen MR) is 96.2 cm³/mol. The van der Waals surface area contributed by atoms with Crippen LogP contribution in [-0.2, 0) is 0 Å². The van der Waals surface area contributed by atoms with Crippen molar-refractivity contribution in [2.75, 3.05) is 18.2 Å². The van der Waals surface area contributed by atoms with Crippen LogP contribution in [0.1, 0.15) is 13.8 Å². The summed E-state index contributed by atoms with van der Waals surface area (Å²) in [6, 6.07) is 5.66. The molecular weight excluding hydrogens is 311 g/mol. The number of nitrogens with zero attached hydrogens (tertiary/aromatic N) is 1. The van der Waals surface area contributed by atoms with Crippen LogP contribution in [-0.4, -0.2) is 13.3 Å². The third kappa shape index (κ3) is 4.20. The number of ether oxygens (including phenoxy) is 1. The van der Waals surface area contributed by atoms with Crippen LogP contribution in [0.15, 0.2) is 70.4 Å². The van der Waals surface area contributed by atoms with Gasteiger partial charge in [0.25, 0.3) is 0 Å². The van der Waals surface area contributed by atoms with Crippen molar-refractivity contribution in [2.24, 2.45) is 5.73 Å². The van der Waals surface area contributed by atoms with E-state index in [1.54, 1.807) is 11.8 Å². The highest BCUT2D eigenvalue weighted by Crippen LogP contribution is 2.47. The summed E-state index contributed by atoms with van der Waals surface area (Å²) in [5, 5.41) is 0.865. The van der Waals surface area contributed by atoms with Crippen molar-refractivity contribution in [1.29, 1.82) is 0 Å². The molecule has 0 fully saturated rings. The highest BCUT2D eigenvalue weighted by molar-refractivity contribution is 8.03. The minimum atomic E-state index is -0.500. The Kier molecular flexibility index (Phi) is 5.93. The van der Waals surface area contributed by atoms with Crippen molar-refractivity contribution in [2.45, 2.75) is 18.7 Å². The number of thioether (sulfide) groups is 1. The molecule has 2 rings (SSSR count). The molecule has 0 saturated carbocycles. The molecule has 1 aromatic carbocycles. The second-order valence-electron chi connectivity index (χ2n) is 4.99. The fourth-order valence-corrected chi connectivity index (χ4v) is 3.00. The standard InChI is InChI=1S/C18H21FN2OS/c1-4-5-6-13(2)16(20)12-21-14(3)23-18-11-15(22-10-9-19)7-8-17(18)21/h4-8,11-12H,3,9-10,20H2,1-2H3/b5-4-,13-6+,16-12-. The van der Waals surface area contributed by atoms with Crippen LogP contribution in [0.3, 0.4) is 0 Å². The number of benzene rings is 1. The summed E-state index contributed by atoms with van der Waals surface area (Å²) in [5.41, 5.74) is 8.81. The molecule has 1 aliphatic rings. The van der Waals surface area contributed by atoms with E-state index in [2.05, 4.69) is 6.58 Å². The van der Waals surface area contributed by atoms with Gasteiger partial charge in [-0.25, -0.2) is 4.39 Å². The van der Waals surface area contributed by atoms with Gasteiger partial charge in [-0.3, -0.25) is 0 Å². The SMILES string of the molecule is C=C1Sc2cc(OCCF)ccc2N1/C=C(N)/C(C)=C/C=C\C. The quantitative estimate of drug-likeness (QED) is 0.764. The minimum Gasteiger partial charge on any atom is -0.491 e. The van der Waals surface area contributed by atoms with Crippen molar-refractivity contribution in [3.63, 3.8) is 0 Å². The molecule has 0 saturated heterocycles. The Morgan fingerprint density at radius 2 is 2.26 bits per heavy atom. The number of fused-ring (bicyclic) bond motifs is 1. The maximum absolute atomic E-state index is 12.2. The molecule has 2 N–H and O–H groups in total. The molecule has 5 heteroatoms. The van der Waals surface area contributed by atoms with E-state index in [9.17, 15) is 4.39 Å². The fraction of sp³-hybridized carbons (Fsp3) is 0.222. The zero-order valence-electron chi connectivity index (χ0n) is 13.4. The molecule has 0 unspecified atom stereocenters. The number of hydrogen-bond donors (Lipinski definition) is 1. The molecule has 1 aliphatic heterocycles. The molecule has 0 radical (unpaired) electrons. The van der Waals surface area contributed by atoms with E-state index < -0.39 is 6.67 Å². The number of rotatable bonds is 6. The van der Waals surface area contributed by atoms with Crippen molar-refractivity contribution in [1.82, 2.24) is 0 Å². The van der Waals surface area contributed by atoms with Gasteiger partial charge >= 0.3 is 0 Å². The summed E-state index contributed by atoms with van der Waals surface area (Å²) in [6.45, 7) is 7.56. The Hall–Kier alpha value is -2.14. The molecule has 0 aliphatic carbocycles. The number of anilines is 1. The average molecular weight is 332 g/mol. The molecule has 1 heterocycles. The Labute approximate surface area is 141 Å². The third-order valence-electron chi connectivity index (χ3n) is 3.30. The maximum Gasteiger partial charge on any atom is 0.123 e. The average Bonchev–Trinajstić information content (AvgIpc) is 2.85. The Bertz CT molecular complexity index is 680. The lowest BCUT2D eigenvalue weighted by atomic mass is 10.2. The summed E-state index contributed by atoms with van der Waals surface area (Å²) in [6.07, 6.45) is 7.74. The minimum absolute atomic E-state index is 0.0654. The van der Waals surface area contributed by atoms with Crippen LogP contribution in [0.2, 0.25) is 0 Å². The summed E-state index contributed by atoms with van der Waals surface area (Å²) >= 11 is 1.54. The van der Waals surface area contributed by atoms with Crippen LogP contribution in [0, 0.1) is 0 Å². The summed E-state index contributed by atoms with van der Waals surface area (Å²) in [5.74, 6) is 0.657. The van der Waals surface area contributed by atoms with Gasteiger partial charge < -0.3 is 15.4 Å². The number of halogens is 1. The lowest BCUT2D eigenvalue weighted by Crippen LogP contribution is -2.13. The van der Waals surface area contributed by atoms with E-state index in [4.69, 9.17) is 10.5 Å². The van der Waals surface area contributed by atoms with Gasteiger partial charge in [0.05, 0.1) is 16.4 Å². The van der Waals surface area contributed by atoms with Gasteiger partial charge in [-0.05, 0) is 37.6 Å². The van der Waals surface area contributed by atoms with Gasteiger partial charge in [0.2, 0.25) is 0 Å². The van der Waals surface area contributed by atoms with Crippen molar-refractivity contribution in [3.8, 4) is 5.75 Å². The fourth-order valence-electron chi connectivity index (χ4n) is 2.05. The van der Waals surface area contributed by atoms with Gasteiger partial charge in [0, 0.05) is 11.1 Å². The zero-order chi connectivity index (χ0) is 16.8. The monoisotopic (exact) mass is 332 g/mol. The van der Waals surface area contributed by atoms with Crippen molar-refractivity contribution < 1.29 is 9.13 Å². The smallest absolute Gasteiger partial charge is 0.123 e. The van der Waals surface area contributed by atoms with Crippen LogP contribution in [0.5, 0.6) is 5.75 Å². The number of nitrogens with two attached hydrogens (primary N) is 1. The first kappa shape index (κ1) is 17.2. The third-order valence-corrected chi connectivity index (χ3v) is 4.27. The van der Waals surface area contributed by atoms with Crippen molar-refractivity contribution >= 4 is 17.4 Å². The molecule has 1 aromatic rings. The normalized spacial score (nSPS) is 15.4. The highest BCUT2D eigenvalue weighted by atomic mass is 32.2. The predicted octanol–water partition coefficient (Wildman–Crippen LogP) is 4.74. The molecule has 0 atom stereocenters. The van der Waals surface area contributed by atoms with E-state index in [1.165, 1.54) is 0 Å². The van der Waals surface area contributed by atoms with Crippen LogP contribution in [0.25, 0.3) is 0 Å². The lowest BCUT2D eigenvalue weighted by Gasteiger charge is -2.16. The molecule has 3 nitrogen and oxygen atoms in total. The molecule has 23 heavy (non-hydrogen) atoms. The van der Waals surface area contributed by atoms with Gasteiger partial charge in [-0.15, -0.1) is 0 Å². The Morgan fingerprint density at radius 1 is 1.48 bits per heavy atom. The van der Waals surface area contributed by atoms with E-state index >= 15 is 0 Å². The summed E-state index contributed by atoms with van der Waals surface area (Å²) in [4.78, 5) is 2.98. The lowest BCUT2D eigenvalue weighted by molar-refractivity contribution is 0.273. The van der Waals surface area contributed by atoms with E-state index in [-0.39, 0.29) is 6.61 Å². The van der Waals surface area contributed by atoms with Gasteiger partial charge in [0.1, 0.15) is 19.0 Å². The van der Waals surface area contributed by atoms with Crippen LogP contribution in [0.4, 0.5) is 10.1 Å². The van der Waals surface area contributed by atoms with E-state index in [0.717, 1.165) is 21.2 Å². The number of hydrogen-bond acceptors (Lipinski definition) is 4. The first-order valence-corrected chi connectivity index (χ1v) is 8.14. The number of allylic oxidation sites excluding steroid dienone is 4. The highest BCUT2D eigenvalue weighted by Gasteiger charge is 2.23. The Morgan fingerprint density at radius 3 is 2.96 bits per heavy atom. The molecular formula is C18H21FN2OS. The zero-order valence-corrected chi connectivity index (χ0v) is 14.2.